The normalized spacial score (nSPS) is 11.7. The predicted octanol–water partition coefficient (Wildman–Crippen LogP) is 7.67. The molecule has 0 atom stereocenters. The van der Waals surface area contributed by atoms with Crippen LogP contribution in [0.1, 0.15) is 45.3 Å². The smallest absolute Gasteiger partial charge is 0.205 e. The van der Waals surface area contributed by atoms with Crippen LogP contribution < -0.4 is 4.57 Å². The van der Waals surface area contributed by atoms with E-state index in [-0.39, 0.29) is 0 Å². The van der Waals surface area contributed by atoms with Gasteiger partial charge in [0.1, 0.15) is 7.05 Å². The summed E-state index contributed by atoms with van der Waals surface area (Å²) in [5, 5.41) is 0. The van der Waals surface area contributed by atoms with Crippen molar-refractivity contribution in [2.24, 2.45) is 7.05 Å². The van der Waals surface area contributed by atoms with Crippen molar-refractivity contribution in [1.82, 2.24) is 9.13 Å². The summed E-state index contributed by atoms with van der Waals surface area (Å²) in [4.78, 5) is 0. The Balaban J connectivity index is 1.31. The molecule has 0 aliphatic carbocycles. The Kier molecular flexibility index (Phi) is 6.78. The number of hydrogen-bond acceptors (Lipinski definition) is 0. The highest BCUT2D eigenvalue weighted by atomic mass is 15.0. The van der Waals surface area contributed by atoms with Crippen molar-refractivity contribution in [1.29, 1.82) is 0 Å². The van der Waals surface area contributed by atoms with Gasteiger partial charge in [0, 0.05) is 58.4 Å². The molecule has 0 amide bonds. The van der Waals surface area contributed by atoms with Crippen LogP contribution in [0.2, 0.25) is 0 Å². The summed E-state index contributed by atoms with van der Waals surface area (Å²) in [5.74, 6) is 0. The van der Waals surface area contributed by atoms with Crippen LogP contribution >= 0.6 is 0 Å². The number of hydrogen-bond donors (Lipinski definition) is 0. The van der Waals surface area contributed by atoms with Gasteiger partial charge >= 0.3 is 0 Å². The highest BCUT2D eigenvalue weighted by Gasteiger charge is 2.08. The molecule has 0 saturated heterocycles. The van der Waals surface area contributed by atoms with Crippen LogP contribution in [-0.4, -0.2) is 9.13 Å². The molecule has 0 spiro atoms. The molecular formula is C34H34N3+. The first-order valence-corrected chi connectivity index (χ1v) is 12.8. The average molecular weight is 485 g/mol. The summed E-state index contributed by atoms with van der Waals surface area (Å²) >= 11 is 0. The van der Waals surface area contributed by atoms with Gasteiger partial charge in [-0.05, 0) is 106 Å². The van der Waals surface area contributed by atoms with Crippen LogP contribution in [0.15, 0.2) is 91.0 Å². The molecule has 3 heteroatoms. The van der Waals surface area contributed by atoms with Gasteiger partial charge in [-0.1, -0.05) is 24.3 Å². The monoisotopic (exact) mass is 484 g/mol. The lowest BCUT2D eigenvalue weighted by molar-refractivity contribution is -0.675. The van der Waals surface area contributed by atoms with Crippen LogP contribution in [0.4, 0.5) is 0 Å². The third-order valence-corrected chi connectivity index (χ3v) is 7.05. The average Bonchev–Trinajstić information content (AvgIpc) is 3.42. The molecule has 0 saturated carbocycles. The molecule has 2 aromatic carbocycles. The molecule has 5 aromatic rings. The Morgan fingerprint density at radius 3 is 1.16 bits per heavy atom. The van der Waals surface area contributed by atoms with E-state index in [0.29, 0.717) is 0 Å². The zero-order valence-electron chi connectivity index (χ0n) is 22.3. The maximum absolute atomic E-state index is 2.28. The molecule has 0 aliphatic heterocycles. The van der Waals surface area contributed by atoms with Crippen LogP contribution in [0, 0.1) is 27.7 Å². The van der Waals surface area contributed by atoms with E-state index >= 15 is 0 Å². The molecule has 184 valence electrons. The first-order valence-electron chi connectivity index (χ1n) is 12.8. The molecule has 0 unspecified atom stereocenters. The number of rotatable bonds is 6. The van der Waals surface area contributed by atoms with Gasteiger partial charge < -0.3 is 9.13 Å². The lowest BCUT2D eigenvalue weighted by Gasteiger charge is -2.09. The maximum atomic E-state index is 2.28. The maximum Gasteiger partial charge on any atom is 0.205 e. The highest BCUT2D eigenvalue weighted by Crippen LogP contribution is 2.19. The second kappa shape index (κ2) is 10.3. The Bertz CT molecular complexity index is 1430. The van der Waals surface area contributed by atoms with E-state index < -0.39 is 0 Å². The van der Waals surface area contributed by atoms with E-state index in [1.54, 1.807) is 0 Å². The molecule has 3 aromatic heterocycles. The SMILES string of the molecule is Cc1ccc(C)n1-c1ccc(/C=C/c2cccc(/C=C/c3ccc(-n4c(C)ccc4C)cc3)[n+]2C)cc1. The third-order valence-electron chi connectivity index (χ3n) is 7.05. The van der Waals surface area contributed by atoms with E-state index in [0.717, 1.165) is 11.4 Å². The largest absolute Gasteiger partial charge is 0.319 e. The third kappa shape index (κ3) is 5.12. The molecule has 0 aliphatic rings. The fraction of sp³-hybridized carbons (Fsp3) is 0.147. The van der Waals surface area contributed by atoms with Gasteiger partial charge in [0.25, 0.3) is 0 Å². The van der Waals surface area contributed by atoms with Crippen molar-refractivity contribution in [2.75, 3.05) is 0 Å². The van der Waals surface area contributed by atoms with Crippen molar-refractivity contribution in [3.63, 3.8) is 0 Å². The van der Waals surface area contributed by atoms with Crippen LogP contribution in [0.3, 0.4) is 0 Å². The zero-order chi connectivity index (χ0) is 25.9. The fourth-order valence-corrected chi connectivity index (χ4v) is 4.94. The Labute approximate surface area is 220 Å². The molecule has 0 bridgehead atoms. The van der Waals surface area contributed by atoms with Gasteiger partial charge in [0.2, 0.25) is 11.4 Å². The molecule has 37 heavy (non-hydrogen) atoms. The fourth-order valence-electron chi connectivity index (χ4n) is 4.94. The number of nitrogens with zero attached hydrogens (tertiary/aromatic N) is 3. The van der Waals surface area contributed by atoms with E-state index in [1.165, 1.54) is 45.3 Å². The summed E-state index contributed by atoms with van der Waals surface area (Å²) in [6, 6.07) is 32.5. The van der Waals surface area contributed by atoms with Crippen LogP contribution in [0.5, 0.6) is 0 Å². The summed E-state index contributed by atoms with van der Waals surface area (Å²) in [6.45, 7) is 8.57. The Morgan fingerprint density at radius 2 is 0.811 bits per heavy atom. The van der Waals surface area contributed by atoms with Crippen molar-refractivity contribution in [2.45, 2.75) is 27.7 Å². The highest BCUT2D eigenvalue weighted by molar-refractivity contribution is 5.70. The quantitative estimate of drug-likeness (QED) is 0.220. The lowest BCUT2D eigenvalue weighted by atomic mass is 10.1. The minimum absolute atomic E-state index is 1.15. The predicted molar refractivity (Wildman–Crippen MR) is 156 cm³/mol. The first kappa shape index (κ1) is 24.3. The van der Waals surface area contributed by atoms with Gasteiger partial charge in [0.15, 0.2) is 0 Å². The van der Waals surface area contributed by atoms with Gasteiger partial charge in [-0.2, -0.15) is 4.57 Å². The van der Waals surface area contributed by atoms with Crippen LogP contribution in [0.25, 0.3) is 35.7 Å². The number of benzene rings is 2. The number of aromatic nitrogens is 3. The lowest BCUT2D eigenvalue weighted by Crippen LogP contribution is -2.35. The summed E-state index contributed by atoms with van der Waals surface area (Å²) in [7, 11) is 2.11. The summed E-state index contributed by atoms with van der Waals surface area (Å²) in [5.41, 5.74) is 12.1. The molecular weight excluding hydrogens is 450 g/mol. The van der Waals surface area contributed by atoms with Crippen molar-refractivity contribution < 1.29 is 4.57 Å². The van der Waals surface area contributed by atoms with Gasteiger partial charge in [-0.3, -0.25) is 0 Å². The van der Waals surface area contributed by atoms with E-state index in [9.17, 15) is 0 Å². The minimum atomic E-state index is 1.15. The molecule has 3 nitrogen and oxygen atoms in total. The second-order valence-electron chi connectivity index (χ2n) is 9.69. The Hall–Kier alpha value is -4.37. The van der Waals surface area contributed by atoms with E-state index in [4.69, 9.17) is 0 Å². The summed E-state index contributed by atoms with van der Waals surface area (Å²) < 4.78 is 6.77. The van der Waals surface area contributed by atoms with E-state index in [1.807, 2.05) is 0 Å². The molecule has 0 radical (unpaired) electrons. The summed E-state index contributed by atoms with van der Waals surface area (Å²) in [6.07, 6.45) is 8.70. The van der Waals surface area contributed by atoms with Crippen molar-refractivity contribution in [3.05, 3.63) is 136 Å². The zero-order valence-corrected chi connectivity index (χ0v) is 22.3. The second-order valence-corrected chi connectivity index (χ2v) is 9.69. The van der Waals surface area contributed by atoms with Gasteiger partial charge in [0.05, 0.1) is 0 Å². The Morgan fingerprint density at radius 1 is 0.459 bits per heavy atom. The molecule has 0 N–H and O–H groups in total. The minimum Gasteiger partial charge on any atom is -0.319 e. The topological polar surface area (TPSA) is 13.7 Å². The number of pyridine rings is 1. The van der Waals surface area contributed by atoms with E-state index in [2.05, 4.69) is 164 Å². The van der Waals surface area contributed by atoms with Gasteiger partial charge in [-0.15, -0.1) is 0 Å². The van der Waals surface area contributed by atoms with Crippen molar-refractivity contribution >= 4 is 24.3 Å². The van der Waals surface area contributed by atoms with Crippen molar-refractivity contribution in [3.8, 4) is 11.4 Å². The molecule has 0 fully saturated rings. The van der Waals surface area contributed by atoms with Gasteiger partial charge in [-0.25, -0.2) is 0 Å². The first-order chi connectivity index (χ1) is 17.9. The molecule has 3 heterocycles. The van der Waals surface area contributed by atoms with Crippen LogP contribution in [-0.2, 0) is 7.05 Å². The standard InChI is InChI=1S/C34H34N3/c1-25-9-10-26(2)36(25)33-21-15-29(16-22-33)13-19-31-7-6-8-32(35(31)5)20-14-30-17-23-34(24-18-30)37-27(3)11-12-28(37)4/h6-24H,1-5H3/q+1. The number of aryl methyl sites for hydroxylation is 4. The molecule has 5 rings (SSSR count).